The van der Waals surface area contributed by atoms with Gasteiger partial charge in [0.1, 0.15) is 0 Å². The van der Waals surface area contributed by atoms with Gasteiger partial charge in [0.2, 0.25) is 0 Å². The van der Waals surface area contributed by atoms with E-state index in [9.17, 15) is 4.79 Å². The van der Waals surface area contributed by atoms with Gasteiger partial charge in [0.15, 0.2) is 0 Å². The quantitative estimate of drug-likeness (QED) is 0.809. The van der Waals surface area contributed by atoms with Crippen LogP contribution in [-0.4, -0.2) is 32.4 Å². The van der Waals surface area contributed by atoms with E-state index in [0.717, 1.165) is 41.7 Å². The van der Waals surface area contributed by atoms with Crippen molar-refractivity contribution in [3.8, 4) is 0 Å². The molecule has 0 bridgehead atoms. The zero-order valence-corrected chi connectivity index (χ0v) is 13.5. The molecule has 118 valence electrons. The van der Waals surface area contributed by atoms with Gasteiger partial charge in [-0.1, -0.05) is 18.2 Å². The van der Waals surface area contributed by atoms with Gasteiger partial charge in [0.25, 0.3) is 5.91 Å². The standard InChI is InChI=1S/C18H20N4O/c1-12-16(20-11-19-12)10-21(2)18(23)15-9-22-8-4-6-13-5-3-7-14(15)17(13)22/h3,5,7,9,11H,4,6,8,10H2,1-2H3,(H,19,20). The molecule has 0 unspecified atom stereocenters. The second-order valence-electron chi connectivity index (χ2n) is 6.29. The first-order valence-corrected chi connectivity index (χ1v) is 8.00. The minimum absolute atomic E-state index is 0.0511. The number of aromatic amines is 1. The van der Waals surface area contributed by atoms with Crippen LogP contribution >= 0.6 is 0 Å². The average Bonchev–Trinajstić information content (AvgIpc) is 3.13. The van der Waals surface area contributed by atoms with Gasteiger partial charge < -0.3 is 14.5 Å². The molecule has 1 N–H and O–H groups in total. The van der Waals surface area contributed by atoms with Crippen LogP contribution in [0.3, 0.4) is 0 Å². The summed E-state index contributed by atoms with van der Waals surface area (Å²) in [7, 11) is 1.84. The second kappa shape index (κ2) is 5.26. The summed E-state index contributed by atoms with van der Waals surface area (Å²) < 4.78 is 2.23. The van der Waals surface area contributed by atoms with Gasteiger partial charge in [0, 0.05) is 30.9 Å². The van der Waals surface area contributed by atoms with Crippen molar-refractivity contribution < 1.29 is 4.79 Å². The molecule has 0 spiro atoms. The number of H-pyrrole nitrogens is 1. The Morgan fingerprint density at radius 1 is 1.43 bits per heavy atom. The molecule has 0 aliphatic carbocycles. The van der Waals surface area contributed by atoms with Crippen LogP contribution in [-0.2, 0) is 19.5 Å². The first-order chi connectivity index (χ1) is 11.1. The Morgan fingerprint density at radius 2 is 2.30 bits per heavy atom. The predicted molar refractivity (Wildman–Crippen MR) is 89.4 cm³/mol. The van der Waals surface area contributed by atoms with E-state index in [1.54, 1.807) is 11.2 Å². The first kappa shape index (κ1) is 14.1. The van der Waals surface area contributed by atoms with Gasteiger partial charge in [-0.2, -0.15) is 0 Å². The maximum Gasteiger partial charge on any atom is 0.256 e. The summed E-state index contributed by atoms with van der Waals surface area (Å²) in [5.41, 5.74) is 5.28. The Kier molecular flexibility index (Phi) is 3.22. The summed E-state index contributed by atoms with van der Waals surface area (Å²) in [6.07, 6.45) is 5.92. The zero-order valence-electron chi connectivity index (χ0n) is 13.5. The molecule has 5 nitrogen and oxygen atoms in total. The number of amides is 1. The van der Waals surface area contributed by atoms with Crippen molar-refractivity contribution in [3.63, 3.8) is 0 Å². The van der Waals surface area contributed by atoms with Crippen molar-refractivity contribution in [1.29, 1.82) is 0 Å². The number of aryl methyl sites for hydroxylation is 3. The van der Waals surface area contributed by atoms with Crippen LogP contribution in [0.5, 0.6) is 0 Å². The van der Waals surface area contributed by atoms with Crippen molar-refractivity contribution in [2.24, 2.45) is 0 Å². The number of hydrogen-bond acceptors (Lipinski definition) is 2. The molecule has 0 atom stereocenters. The summed E-state index contributed by atoms with van der Waals surface area (Å²) >= 11 is 0. The normalized spacial score (nSPS) is 13.5. The van der Waals surface area contributed by atoms with E-state index in [1.165, 1.54) is 11.1 Å². The molecule has 0 saturated heterocycles. The van der Waals surface area contributed by atoms with Crippen molar-refractivity contribution in [3.05, 3.63) is 53.2 Å². The van der Waals surface area contributed by atoms with Crippen LogP contribution in [0.2, 0.25) is 0 Å². The summed E-state index contributed by atoms with van der Waals surface area (Å²) in [5.74, 6) is 0.0511. The molecule has 1 aliphatic rings. The van der Waals surface area contributed by atoms with Crippen molar-refractivity contribution in [2.45, 2.75) is 32.9 Å². The van der Waals surface area contributed by atoms with Crippen LogP contribution in [0.4, 0.5) is 0 Å². The maximum atomic E-state index is 12.9. The Labute approximate surface area is 134 Å². The zero-order chi connectivity index (χ0) is 16.0. The van der Waals surface area contributed by atoms with Crippen LogP contribution in [0.25, 0.3) is 10.9 Å². The van der Waals surface area contributed by atoms with E-state index in [2.05, 4.69) is 32.7 Å². The Balaban J connectivity index is 1.70. The van der Waals surface area contributed by atoms with E-state index in [-0.39, 0.29) is 5.91 Å². The Bertz CT molecular complexity index is 890. The van der Waals surface area contributed by atoms with Crippen molar-refractivity contribution >= 4 is 16.8 Å². The molecule has 0 fully saturated rings. The molecule has 3 aromatic rings. The SMILES string of the molecule is Cc1[nH]cnc1CN(C)C(=O)c1cn2c3c(cccc13)CCC2. The highest BCUT2D eigenvalue weighted by Crippen LogP contribution is 2.30. The summed E-state index contributed by atoms with van der Waals surface area (Å²) in [4.78, 5) is 22.0. The molecule has 4 rings (SSSR count). The largest absolute Gasteiger partial charge is 0.348 e. The fourth-order valence-electron chi connectivity index (χ4n) is 3.47. The lowest BCUT2D eigenvalue weighted by molar-refractivity contribution is 0.0785. The highest BCUT2D eigenvalue weighted by molar-refractivity contribution is 6.07. The number of hydrogen-bond donors (Lipinski definition) is 1. The molecular formula is C18H20N4O. The van der Waals surface area contributed by atoms with E-state index < -0.39 is 0 Å². The van der Waals surface area contributed by atoms with Crippen LogP contribution in [0.15, 0.2) is 30.7 Å². The number of para-hydroxylation sites is 1. The summed E-state index contributed by atoms with van der Waals surface area (Å²) in [6, 6.07) is 6.28. The lowest BCUT2D eigenvalue weighted by atomic mass is 10.0. The number of carbonyl (C=O) groups excluding carboxylic acids is 1. The van der Waals surface area contributed by atoms with Gasteiger partial charge >= 0.3 is 0 Å². The fourth-order valence-corrected chi connectivity index (χ4v) is 3.47. The molecule has 1 amide bonds. The van der Waals surface area contributed by atoms with Crippen LogP contribution in [0, 0.1) is 6.92 Å². The molecule has 3 heterocycles. The first-order valence-electron chi connectivity index (χ1n) is 8.00. The minimum atomic E-state index is 0.0511. The monoisotopic (exact) mass is 308 g/mol. The number of carbonyl (C=O) groups is 1. The smallest absolute Gasteiger partial charge is 0.256 e. The number of nitrogens with one attached hydrogen (secondary N) is 1. The van der Waals surface area contributed by atoms with E-state index in [1.807, 2.05) is 20.2 Å². The fraction of sp³-hybridized carbons (Fsp3) is 0.333. The van der Waals surface area contributed by atoms with Crippen molar-refractivity contribution in [1.82, 2.24) is 19.4 Å². The van der Waals surface area contributed by atoms with Gasteiger partial charge in [-0.25, -0.2) is 4.98 Å². The Hall–Kier alpha value is -2.56. The Morgan fingerprint density at radius 3 is 3.09 bits per heavy atom. The molecule has 1 aliphatic heterocycles. The highest BCUT2D eigenvalue weighted by Gasteiger charge is 2.22. The molecule has 0 radical (unpaired) electrons. The van der Waals surface area contributed by atoms with Crippen molar-refractivity contribution in [2.75, 3.05) is 7.05 Å². The number of benzene rings is 1. The van der Waals surface area contributed by atoms with Crippen LogP contribution in [0.1, 0.15) is 33.7 Å². The molecule has 23 heavy (non-hydrogen) atoms. The third kappa shape index (κ3) is 2.23. The predicted octanol–water partition coefficient (Wildman–Crippen LogP) is 2.89. The number of imidazole rings is 1. The maximum absolute atomic E-state index is 12.9. The number of nitrogens with zero attached hydrogens (tertiary/aromatic N) is 3. The third-order valence-electron chi connectivity index (χ3n) is 4.73. The van der Waals surface area contributed by atoms with E-state index >= 15 is 0 Å². The van der Waals surface area contributed by atoms with Crippen LogP contribution < -0.4 is 0 Å². The average molecular weight is 308 g/mol. The molecular weight excluding hydrogens is 288 g/mol. The summed E-state index contributed by atoms with van der Waals surface area (Å²) in [6.45, 7) is 3.48. The van der Waals surface area contributed by atoms with Gasteiger partial charge in [-0.05, 0) is 25.3 Å². The minimum Gasteiger partial charge on any atom is -0.348 e. The van der Waals surface area contributed by atoms with E-state index in [4.69, 9.17) is 0 Å². The lowest BCUT2D eigenvalue weighted by Crippen LogP contribution is -2.26. The molecule has 1 aromatic carbocycles. The second-order valence-corrected chi connectivity index (χ2v) is 6.29. The van der Waals surface area contributed by atoms with Gasteiger partial charge in [0.05, 0.1) is 29.6 Å². The van der Waals surface area contributed by atoms with E-state index in [0.29, 0.717) is 6.54 Å². The topological polar surface area (TPSA) is 53.9 Å². The van der Waals surface area contributed by atoms with Gasteiger partial charge in [-0.3, -0.25) is 4.79 Å². The molecule has 2 aromatic heterocycles. The van der Waals surface area contributed by atoms with Gasteiger partial charge in [-0.15, -0.1) is 0 Å². The summed E-state index contributed by atoms with van der Waals surface area (Å²) in [5, 5.41) is 1.07. The molecule has 5 heteroatoms. The number of aromatic nitrogens is 3. The lowest BCUT2D eigenvalue weighted by Gasteiger charge is -2.16. The highest BCUT2D eigenvalue weighted by atomic mass is 16.2. The third-order valence-corrected chi connectivity index (χ3v) is 4.73. The number of rotatable bonds is 3. The molecule has 0 saturated carbocycles.